The highest BCUT2D eigenvalue weighted by molar-refractivity contribution is 5.32. The molecule has 1 aromatic rings. The zero-order valence-corrected chi connectivity index (χ0v) is 11.8. The third kappa shape index (κ3) is 4.43. The number of nitrogens with one attached hydrogen (secondary N) is 1. The summed E-state index contributed by atoms with van der Waals surface area (Å²) >= 11 is 0. The van der Waals surface area contributed by atoms with Gasteiger partial charge in [-0.2, -0.15) is 13.2 Å². The van der Waals surface area contributed by atoms with Gasteiger partial charge in [0, 0.05) is 12.6 Å². The Morgan fingerprint density at radius 2 is 2.05 bits per heavy atom. The summed E-state index contributed by atoms with van der Waals surface area (Å²) < 4.78 is 44.8. The molecule has 21 heavy (non-hydrogen) atoms. The van der Waals surface area contributed by atoms with Crippen LogP contribution >= 0.6 is 0 Å². The number of hydrogen-bond donors (Lipinski definition) is 2. The molecule has 0 aliphatic carbocycles. The van der Waals surface area contributed by atoms with E-state index >= 15 is 0 Å². The summed E-state index contributed by atoms with van der Waals surface area (Å²) in [6.45, 7) is 0.741. The molecular formula is C15H21F3N2O. The Balaban J connectivity index is 2.06. The summed E-state index contributed by atoms with van der Waals surface area (Å²) in [5.74, 6) is 5.47. The molecule has 1 fully saturated rings. The predicted octanol–water partition coefficient (Wildman–Crippen LogP) is 3.56. The van der Waals surface area contributed by atoms with Gasteiger partial charge in [0.25, 0.3) is 0 Å². The third-order valence-electron chi connectivity index (χ3n) is 3.89. The zero-order valence-electron chi connectivity index (χ0n) is 11.8. The van der Waals surface area contributed by atoms with Crippen LogP contribution in [0.15, 0.2) is 24.3 Å². The van der Waals surface area contributed by atoms with Gasteiger partial charge in [-0.05, 0) is 43.7 Å². The number of nitrogens with two attached hydrogens (primary N) is 1. The van der Waals surface area contributed by atoms with Crippen molar-refractivity contribution < 1.29 is 17.9 Å². The molecule has 2 unspecified atom stereocenters. The van der Waals surface area contributed by atoms with E-state index in [1.54, 1.807) is 6.07 Å². The van der Waals surface area contributed by atoms with Crippen molar-refractivity contribution in [2.45, 2.75) is 50.4 Å². The van der Waals surface area contributed by atoms with Gasteiger partial charge >= 0.3 is 6.18 Å². The summed E-state index contributed by atoms with van der Waals surface area (Å²) in [6, 6.07) is 5.05. The second-order valence-corrected chi connectivity index (χ2v) is 5.37. The van der Waals surface area contributed by atoms with E-state index in [0.717, 1.165) is 31.9 Å². The lowest BCUT2D eigenvalue weighted by molar-refractivity contribution is -0.138. The molecule has 0 saturated carbocycles. The Morgan fingerprint density at radius 3 is 2.67 bits per heavy atom. The maximum Gasteiger partial charge on any atom is 0.416 e. The summed E-state index contributed by atoms with van der Waals surface area (Å²) in [7, 11) is 0. The lowest BCUT2D eigenvalue weighted by Crippen LogP contribution is -2.31. The van der Waals surface area contributed by atoms with Crippen molar-refractivity contribution >= 4 is 0 Å². The average Bonchev–Trinajstić information content (AvgIpc) is 2.48. The molecule has 1 heterocycles. The third-order valence-corrected chi connectivity index (χ3v) is 3.89. The molecule has 1 saturated heterocycles. The summed E-state index contributed by atoms with van der Waals surface area (Å²) in [4.78, 5) is 0. The van der Waals surface area contributed by atoms with Gasteiger partial charge in [-0.15, -0.1) is 0 Å². The van der Waals surface area contributed by atoms with E-state index in [0.29, 0.717) is 12.8 Å². The lowest BCUT2D eigenvalue weighted by Gasteiger charge is -2.26. The SMILES string of the molecule is NNC(CCC1CCCCO1)c1ccccc1C(F)(F)F. The van der Waals surface area contributed by atoms with Crippen molar-refractivity contribution in [3.63, 3.8) is 0 Å². The van der Waals surface area contributed by atoms with Crippen LogP contribution in [0.25, 0.3) is 0 Å². The quantitative estimate of drug-likeness (QED) is 0.646. The average molecular weight is 302 g/mol. The van der Waals surface area contributed by atoms with Crippen molar-refractivity contribution in [3.8, 4) is 0 Å². The summed E-state index contributed by atoms with van der Waals surface area (Å²) in [5, 5.41) is 0. The van der Waals surface area contributed by atoms with Crippen LogP contribution in [0.2, 0.25) is 0 Å². The van der Waals surface area contributed by atoms with Crippen molar-refractivity contribution in [2.24, 2.45) is 5.84 Å². The zero-order chi connectivity index (χ0) is 15.3. The van der Waals surface area contributed by atoms with E-state index in [1.165, 1.54) is 12.1 Å². The van der Waals surface area contributed by atoms with Crippen LogP contribution in [0.1, 0.15) is 49.3 Å². The predicted molar refractivity (Wildman–Crippen MR) is 74.3 cm³/mol. The minimum Gasteiger partial charge on any atom is -0.378 e. The Bertz CT molecular complexity index is 445. The standard InChI is InChI=1S/C15H21F3N2O/c16-15(17,18)13-7-2-1-6-12(13)14(20-19)9-8-11-5-3-4-10-21-11/h1-2,6-7,11,14,20H,3-5,8-10,19H2. The van der Waals surface area contributed by atoms with Crippen LogP contribution in [0, 0.1) is 0 Å². The molecular weight excluding hydrogens is 281 g/mol. The summed E-state index contributed by atoms with van der Waals surface area (Å²) in [5.41, 5.74) is 2.09. The fourth-order valence-electron chi connectivity index (χ4n) is 2.78. The molecule has 0 amide bonds. The first kappa shape index (κ1) is 16.3. The highest BCUT2D eigenvalue weighted by Gasteiger charge is 2.34. The van der Waals surface area contributed by atoms with Crippen molar-refractivity contribution in [1.82, 2.24) is 5.43 Å². The van der Waals surface area contributed by atoms with Crippen molar-refractivity contribution in [3.05, 3.63) is 35.4 Å². The monoisotopic (exact) mass is 302 g/mol. The molecule has 3 nitrogen and oxygen atoms in total. The number of halogens is 3. The lowest BCUT2D eigenvalue weighted by atomic mass is 9.94. The van der Waals surface area contributed by atoms with Gasteiger partial charge in [-0.25, -0.2) is 0 Å². The van der Waals surface area contributed by atoms with E-state index in [9.17, 15) is 13.2 Å². The molecule has 0 radical (unpaired) electrons. The fourth-order valence-corrected chi connectivity index (χ4v) is 2.78. The molecule has 2 rings (SSSR count). The van der Waals surface area contributed by atoms with E-state index in [2.05, 4.69) is 5.43 Å². The van der Waals surface area contributed by atoms with E-state index in [-0.39, 0.29) is 11.7 Å². The van der Waals surface area contributed by atoms with E-state index in [1.807, 2.05) is 0 Å². The van der Waals surface area contributed by atoms with Gasteiger partial charge in [0.05, 0.1) is 11.7 Å². The van der Waals surface area contributed by atoms with Crippen LogP contribution in [0.5, 0.6) is 0 Å². The number of ether oxygens (including phenoxy) is 1. The van der Waals surface area contributed by atoms with Crippen molar-refractivity contribution in [2.75, 3.05) is 6.61 Å². The van der Waals surface area contributed by atoms with E-state index in [4.69, 9.17) is 10.6 Å². The molecule has 1 aliphatic heterocycles. The topological polar surface area (TPSA) is 47.3 Å². The normalized spacial score (nSPS) is 21.2. The molecule has 0 aromatic heterocycles. The maximum absolute atomic E-state index is 13.0. The number of hydrogen-bond acceptors (Lipinski definition) is 3. The minimum absolute atomic E-state index is 0.132. The second-order valence-electron chi connectivity index (χ2n) is 5.37. The number of alkyl halides is 3. The fraction of sp³-hybridized carbons (Fsp3) is 0.600. The Kier molecular flexibility index (Phi) is 5.61. The van der Waals surface area contributed by atoms with Gasteiger partial charge < -0.3 is 4.74 Å². The van der Waals surface area contributed by atoms with Gasteiger partial charge in [0.2, 0.25) is 0 Å². The largest absolute Gasteiger partial charge is 0.416 e. The maximum atomic E-state index is 13.0. The Labute approximate surface area is 122 Å². The molecule has 1 aliphatic rings. The smallest absolute Gasteiger partial charge is 0.378 e. The molecule has 0 spiro atoms. The first-order valence-electron chi connectivity index (χ1n) is 7.26. The molecule has 1 aromatic carbocycles. The van der Waals surface area contributed by atoms with Crippen LogP contribution in [0.3, 0.4) is 0 Å². The highest BCUT2D eigenvalue weighted by Crippen LogP contribution is 2.35. The molecule has 118 valence electrons. The number of rotatable bonds is 5. The molecule has 3 N–H and O–H groups in total. The van der Waals surface area contributed by atoms with Gasteiger partial charge in [0.1, 0.15) is 0 Å². The number of hydrazine groups is 1. The van der Waals surface area contributed by atoms with Crippen molar-refractivity contribution in [1.29, 1.82) is 0 Å². The van der Waals surface area contributed by atoms with Crippen LogP contribution in [0.4, 0.5) is 13.2 Å². The Morgan fingerprint density at radius 1 is 1.29 bits per heavy atom. The highest BCUT2D eigenvalue weighted by atomic mass is 19.4. The Hall–Kier alpha value is -1.11. The first-order chi connectivity index (χ1) is 10.0. The van der Waals surface area contributed by atoms with Gasteiger partial charge in [-0.3, -0.25) is 11.3 Å². The number of benzene rings is 1. The molecule has 2 atom stereocenters. The van der Waals surface area contributed by atoms with Gasteiger partial charge in [-0.1, -0.05) is 18.2 Å². The molecule has 6 heteroatoms. The van der Waals surface area contributed by atoms with E-state index < -0.39 is 17.8 Å². The minimum atomic E-state index is -4.37. The summed E-state index contributed by atoms with van der Waals surface area (Å²) in [6.07, 6.45) is 0.143. The van der Waals surface area contributed by atoms with Gasteiger partial charge in [0.15, 0.2) is 0 Å². The first-order valence-corrected chi connectivity index (χ1v) is 7.26. The van der Waals surface area contributed by atoms with Crippen LogP contribution < -0.4 is 11.3 Å². The van der Waals surface area contributed by atoms with Crippen LogP contribution in [-0.4, -0.2) is 12.7 Å². The van der Waals surface area contributed by atoms with Crippen LogP contribution in [-0.2, 0) is 10.9 Å². The second kappa shape index (κ2) is 7.24. The molecule has 0 bridgehead atoms.